The van der Waals surface area contributed by atoms with E-state index < -0.39 is 12.3 Å². The molecule has 10 rings (SSSR count). The lowest BCUT2D eigenvalue weighted by atomic mass is 9.67. The van der Waals surface area contributed by atoms with Crippen molar-refractivity contribution >= 4 is 38.9 Å². The molecule has 0 radical (unpaired) electrons. The fourth-order valence-electron chi connectivity index (χ4n) is 8.53. The Hall–Kier alpha value is -6.17. The smallest absolute Gasteiger partial charge is 0.137 e. The minimum atomic E-state index is -2.27. The van der Waals surface area contributed by atoms with Crippen molar-refractivity contribution < 1.29 is 9.05 Å². The molecule has 0 bridgehead atoms. The van der Waals surface area contributed by atoms with Gasteiger partial charge in [-0.05, 0) is 115 Å². The van der Waals surface area contributed by atoms with Crippen LogP contribution in [-0.2, 0) is 10.4 Å². The summed E-state index contributed by atoms with van der Waals surface area (Å²) in [5, 5.41) is 6.05. The second kappa shape index (κ2) is 11.2. The van der Waals surface area contributed by atoms with E-state index in [9.17, 15) is 0 Å². The molecule has 0 unspecified atom stereocenters. The van der Waals surface area contributed by atoms with E-state index in [1.165, 1.54) is 22.3 Å². The molecule has 0 saturated heterocycles. The molecule has 0 amide bonds. The van der Waals surface area contributed by atoms with Gasteiger partial charge in [0, 0.05) is 21.1 Å². The third kappa shape index (κ3) is 4.29. The van der Waals surface area contributed by atoms with Crippen molar-refractivity contribution in [1.82, 2.24) is 9.55 Å². The molecule has 6 aromatic carbocycles. The molecule has 2 aromatic heterocycles. The van der Waals surface area contributed by atoms with Gasteiger partial charge in [-0.2, -0.15) is 5.06 Å². The van der Waals surface area contributed by atoms with E-state index in [1.54, 1.807) is 18.3 Å². The molecule has 5 nitrogen and oxygen atoms in total. The second-order valence-electron chi connectivity index (χ2n) is 14.7. The molecule has 2 aliphatic rings. The summed E-state index contributed by atoms with van der Waals surface area (Å²) in [7, 11) is 0. The van der Waals surface area contributed by atoms with E-state index in [2.05, 4.69) is 141 Å². The van der Waals surface area contributed by atoms with Gasteiger partial charge in [0.2, 0.25) is 0 Å². The Balaban J connectivity index is 1.25. The van der Waals surface area contributed by atoms with Gasteiger partial charge in [0.05, 0.1) is 39.0 Å². The number of fused-ring (bicyclic) bond motifs is 7. The van der Waals surface area contributed by atoms with Crippen molar-refractivity contribution in [2.45, 2.75) is 38.6 Å². The van der Waals surface area contributed by atoms with Crippen LogP contribution in [0.15, 0.2) is 158 Å². The Kier molecular flexibility index (Phi) is 5.91. The maximum atomic E-state index is 8.17. The first-order chi connectivity index (χ1) is 26.5. The zero-order valence-corrected chi connectivity index (χ0v) is 29.2. The molecule has 0 spiro atoms. The maximum Gasteiger partial charge on any atom is 0.137 e. The standard InChI is InChI=1S/C47H38N4O/c1-31-26-27-48-45(28-31)49-41-21-10-7-18-37(41)38-25-24-33(30-44(38)49)47(39-19-8-5-16-35(39)36-17-6-9-20-40(36)47)32-14-13-15-34(29-32)50-42-22-11-12-23-43(42)51(52-50)46(2,3)4/h5-30H,1-4H3/i1D3. The third-order valence-corrected chi connectivity index (χ3v) is 10.6. The minimum Gasteiger partial charge on any atom is -0.294 e. The number of hydroxylamine groups is 1. The molecular formula is C47H38N4O. The summed E-state index contributed by atoms with van der Waals surface area (Å²) in [6, 6.07) is 52.8. The lowest BCUT2D eigenvalue weighted by Gasteiger charge is -2.35. The molecular weight excluding hydrogens is 637 g/mol. The highest BCUT2D eigenvalue weighted by atomic mass is 16.8. The molecule has 1 aliphatic carbocycles. The highest BCUT2D eigenvalue weighted by molar-refractivity contribution is 6.09. The van der Waals surface area contributed by atoms with E-state index >= 15 is 0 Å². The Morgan fingerprint density at radius 3 is 2.06 bits per heavy atom. The summed E-state index contributed by atoms with van der Waals surface area (Å²) in [6.45, 7) is 4.18. The zero-order valence-electron chi connectivity index (χ0n) is 32.2. The number of anilines is 3. The number of rotatable bonds is 4. The lowest BCUT2D eigenvalue weighted by molar-refractivity contribution is 0.0842. The van der Waals surface area contributed by atoms with Crippen molar-refractivity contribution in [3.05, 3.63) is 186 Å². The van der Waals surface area contributed by atoms with Crippen LogP contribution in [0.2, 0.25) is 0 Å². The van der Waals surface area contributed by atoms with Gasteiger partial charge in [-0.3, -0.25) is 4.57 Å². The van der Waals surface area contributed by atoms with Crippen LogP contribution in [-0.4, -0.2) is 15.1 Å². The fraction of sp³-hybridized carbons (Fsp3) is 0.128. The van der Waals surface area contributed by atoms with Gasteiger partial charge in [-0.15, -0.1) is 4.94 Å². The normalized spacial score (nSPS) is 15.6. The van der Waals surface area contributed by atoms with Gasteiger partial charge in [0.25, 0.3) is 0 Å². The number of aromatic nitrogens is 2. The van der Waals surface area contributed by atoms with Crippen LogP contribution in [0.25, 0.3) is 38.8 Å². The van der Waals surface area contributed by atoms with Gasteiger partial charge in [-0.25, -0.2) is 10.0 Å². The van der Waals surface area contributed by atoms with Gasteiger partial charge in [-0.1, -0.05) is 103 Å². The van der Waals surface area contributed by atoms with E-state index in [0.29, 0.717) is 5.82 Å². The van der Waals surface area contributed by atoms with Gasteiger partial charge in [0.1, 0.15) is 5.82 Å². The third-order valence-electron chi connectivity index (χ3n) is 10.6. The van der Waals surface area contributed by atoms with E-state index in [-0.39, 0.29) is 11.1 Å². The number of pyridine rings is 1. The first-order valence-electron chi connectivity index (χ1n) is 19.2. The monoisotopic (exact) mass is 677 g/mol. The molecule has 3 heterocycles. The number of aryl methyl sites for hydroxylation is 1. The highest BCUT2D eigenvalue weighted by Crippen LogP contribution is 2.57. The number of nitrogens with zero attached hydrogens (tertiary/aromatic N) is 4. The van der Waals surface area contributed by atoms with Gasteiger partial charge in [0.15, 0.2) is 0 Å². The van der Waals surface area contributed by atoms with Crippen LogP contribution in [0, 0.1) is 6.85 Å². The molecule has 52 heavy (non-hydrogen) atoms. The number of hydrogen-bond acceptors (Lipinski definition) is 4. The summed E-state index contributed by atoms with van der Waals surface area (Å²) in [4.78, 5) is 11.4. The van der Waals surface area contributed by atoms with Crippen LogP contribution in [0.3, 0.4) is 0 Å². The summed E-state index contributed by atoms with van der Waals surface area (Å²) in [5.74, 6) is 0.563. The Morgan fingerprint density at radius 1 is 0.615 bits per heavy atom. The fourth-order valence-corrected chi connectivity index (χ4v) is 8.53. The highest BCUT2D eigenvalue weighted by Gasteiger charge is 2.47. The SMILES string of the molecule is [2H]C([2H])([2H])c1ccnc(-n2c3ccccc3c3ccc(C4(c5cccc(N6ON(C(C)(C)C)c7ccccc76)c5)c5ccccc5-c5ccccc54)cc32)c1. The Morgan fingerprint density at radius 2 is 1.29 bits per heavy atom. The summed E-state index contributed by atoms with van der Waals surface area (Å²) < 4.78 is 26.6. The van der Waals surface area contributed by atoms with Crippen molar-refractivity contribution in [1.29, 1.82) is 0 Å². The summed E-state index contributed by atoms with van der Waals surface area (Å²) >= 11 is 0. The molecule has 0 N–H and O–H groups in total. The van der Waals surface area contributed by atoms with Crippen LogP contribution in [0.4, 0.5) is 17.1 Å². The zero-order chi connectivity index (χ0) is 37.7. The van der Waals surface area contributed by atoms with E-state index in [0.717, 1.165) is 50.0 Å². The maximum absolute atomic E-state index is 8.17. The molecule has 0 atom stereocenters. The predicted molar refractivity (Wildman–Crippen MR) is 213 cm³/mol. The molecule has 252 valence electrons. The molecule has 5 heteroatoms. The first kappa shape index (κ1) is 27.5. The van der Waals surface area contributed by atoms with Crippen molar-refractivity contribution in [3.8, 4) is 16.9 Å². The first-order valence-corrected chi connectivity index (χ1v) is 17.7. The molecule has 1 aliphatic heterocycles. The number of hydrogen-bond donors (Lipinski definition) is 0. The lowest BCUT2D eigenvalue weighted by Crippen LogP contribution is -2.41. The topological polar surface area (TPSA) is 33.5 Å². The average Bonchev–Trinajstić information content (AvgIpc) is 3.85. The van der Waals surface area contributed by atoms with Crippen LogP contribution < -0.4 is 10.1 Å². The summed E-state index contributed by atoms with van der Waals surface area (Å²) in [5.41, 5.74) is 11.0. The predicted octanol–water partition coefficient (Wildman–Crippen LogP) is 11.5. The van der Waals surface area contributed by atoms with Gasteiger partial charge < -0.3 is 0 Å². The Labute approximate surface area is 308 Å². The molecule has 0 fully saturated rings. The van der Waals surface area contributed by atoms with Gasteiger partial charge >= 0.3 is 0 Å². The quantitative estimate of drug-likeness (QED) is 0.186. The van der Waals surface area contributed by atoms with Crippen LogP contribution in [0.5, 0.6) is 0 Å². The largest absolute Gasteiger partial charge is 0.294 e. The van der Waals surface area contributed by atoms with Crippen molar-refractivity contribution in [2.24, 2.45) is 0 Å². The minimum absolute atomic E-state index is 0.252. The molecule has 8 aromatic rings. The average molecular weight is 678 g/mol. The van der Waals surface area contributed by atoms with Crippen LogP contribution >= 0.6 is 0 Å². The Bertz CT molecular complexity index is 2770. The van der Waals surface area contributed by atoms with E-state index in [1.807, 2.05) is 34.4 Å². The van der Waals surface area contributed by atoms with Crippen LogP contribution in [0.1, 0.15) is 52.7 Å². The van der Waals surface area contributed by atoms with Crippen molar-refractivity contribution in [3.63, 3.8) is 0 Å². The second-order valence-corrected chi connectivity index (χ2v) is 14.7. The number of para-hydroxylation sites is 3. The van der Waals surface area contributed by atoms with Crippen molar-refractivity contribution in [2.75, 3.05) is 10.1 Å². The number of benzene rings is 6. The summed E-state index contributed by atoms with van der Waals surface area (Å²) in [6.07, 6.45) is 1.59. The molecule has 0 saturated carbocycles. The van der Waals surface area contributed by atoms with E-state index in [4.69, 9.17) is 14.0 Å².